The highest BCUT2D eigenvalue weighted by Crippen LogP contribution is 2.18. The zero-order valence-corrected chi connectivity index (χ0v) is 13.7. The largest absolute Gasteiger partial charge is 0.464 e. The van der Waals surface area contributed by atoms with Crippen LogP contribution < -0.4 is 5.32 Å². The van der Waals surface area contributed by atoms with Gasteiger partial charge in [-0.3, -0.25) is 4.79 Å². The normalized spacial score (nSPS) is 16.5. The minimum Gasteiger partial charge on any atom is -0.464 e. The van der Waals surface area contributed by atoms with E-state index in [4.69, 9.17) is 4.42 Å². The first-order valence-electron chi connectivity index (χ1n) is 7.24. The van der Waals surface area contributed by atoms with Crippen molar-refractivity contribution in [2.24, 2.45) is 0 Å². The van der Waals surface area contributed by atoms with Crippen molar-refractivity contribution in [2.75, 3.05) is 7.05 Å². The minimum absolute atomic E-state index is 0. The number of hydrogen-bond donors (Lipinski definition) is 1. The fourth-order valence-electron chi connectivity index (χ4n) is 2.78. The number of nitrogens with one attached hydrogen (secondary N) is 1. The molecule has 1 aliphatic rings. The lowest BCUT2D eigenvalue weighted by molar-refractivity contribution is -0.133. The van der Waals surface area contributed by atoms with E-state index in [1.165, 1.54) is 11.1 Å². The highest BCUT2D eigenvalue weighted by Gasteiger charge is 2.26. The molecule has 0 aliphatic carbocycles. The van der Waals surface area contributed by atoms with E-state index in [2.05, 4.69) is 17.4 Å². The molecular weight excluding hydrogens is 300 g/mol. The van der Waals surface area contributed by atoms with E-state index in [-0.39, 0.29) is 24.4 Å². The Morgan fingerprint density at radius 1 is 1.27 bits per heavy atom. The third kappa shape index (κ3) is 3.51. The average molecular weight is 321 g/mol. The van der Waals surface area contributed by atoms with Crippen molar-refractivity contribution in [3.05, 3.63) is 59.0 Å². The smallest absolute Gasteiger partial charge is 0.240 e. The molecule has 0 radical (unpaired) electrons. The Labute approximate surface area is 136 Å². The zero-order valence-electron chi connectivity index (χ0n) is 12.8. The highest BCUT2D eigenvalue weighted by molar-refractivity contribution is 5.85. The van der Waals surface area contributed by atoms with Gasteiger partial charge in [0.05, 0.1) is 12.6 Å². The summed E-state index contributed by atoms with van der Waals surface area (Å²) in [4.78, 5) is 14.3. The Morgan fingerprint density at radius 3 is 2.68 bits per heavy atom. The van der Waals surface area contributed by atoms with Crippen LogP contribution in [0.5, 0.6) is 0 Å². The lowest BCUT2D eigenvalue weighted by Crippen LogP contribution is -2.47. The number of hydrogen-bond acceptors (Lipinski definition) is 3. The van der Waals surface area contributed by atoms with E-state index in [1.807, 2.05) is 38.2 Å². The summed E-state index contributed by atoms with van der Waals surface area (Å²) >= 11 is 0. The molecule has 118 valence electrons. The van der Waals surface area contributed by atoms with Crippen LogP contribution in [0.2, 0.25) is 0 Å². The van der Waals surface area contributed by atoms with Crippen LogP contribution in [0.3, 0.4) is 0 Å². The molecule has 0 saturated heterocycles. The molecule has 3 rings (SSSR count). The van der Waals surface area contributed by atoms with Crippen molar-refractivity contribution in [3.8, 4) is 0 Å². The minimum atomic E-state index is -0.152. The van der Waals surface area contributed by atoms with E-state index in [0.717, 1.165) is 24.5 Å². The number of carbonyl (C=O) groups is 1. The summed E-state index contributed by atoms with van der Waals surface area (Å²) in [6.45, 7) is 3.16. The molecule has 1 aliphatic heterocycles. The van der Waals surface area contributed by atoms with Crippen LogP contribution in [0.4, 0.5) is 0 Å². The predicted octanol–water partition coefficient (Wildman–Crippen LogP) is 2.68. The summed E-state index contributed by atoms with van der Waals surface area (Å²) < 4.78 is 5.53. The van der Waals surface area contributed by atoms with Crippen LogP contribution in [0.25, 0.3) is 0 Å². The first kappa shape index (κ1) is 16.6. The molecule has 1 atom stereocenters. The molecule has 2 heterocycles. The summed E-state index contributed by atoms with van der Waals surface area (Å²) in [6.07, 6.45) is 0.747. The van der Waals surface area contributed by atoms with Gasteiger partial charge in [0, 0.05) is 13.6 Å². The standard InChI is InChI=1S/C17H20N2O2.ClH/c1-12-7-8-15(21-12)11-19(2)17(20)16-9-13-5-3-4-6-14(13)10-18-16;/h3-8,16,18H,9-11H2,1-2H3;1H. The van der Waals surface area contributed by atoms with Gasteiger partial charge in [-0.05, 0) is 36.6 Å². The van der Waals surface area contributed by atoms with Gasteiger partial charge in [0.2, 0.25) is 5.91 Å². The van der Waals surface area contributed by atoms with Gasteiger partial charge in [-0.25, -0.2) is 0 Å². The Hall–Kier alpha value is -1.78. The second-order valence-electron chi connectivity index (χ2n) is 5.61. The second kappa shape index (κ2) is 6.99. The summed E-state index contributed by atoms with van der Waals surface area (Å²) in [7, 11) is 1.82. The maximum Gasteiger partial charge on any atom is 0.240 e. The van der Waals surface area contributed by atoms with Gasteiger partial charge in [0.1, 0.15) is 11.5 Å². The summed E-state index contributed by atoms with van der Waals surface area (Å²) in [5, 5.41) is 3.33. The molecule has 5 heteroatoms. The number of furan rings is 1. The number of amides is 1. The summed E-state index contributed by atoms with van der Waals surface area (Å²) in [5.41, 5.74) is 2.54. The summed E-state index contributed by atoms with van der Waals surface area (Å²) in [6, 6.07) is 12.0. The van der Waals surface area contributed by atoms with E-state index in [9.17, 15) is 4.79 Å². The molecule has 1 amide bonds. The maximum absolute atomic E-state index is 12.5. The van der Waals surface area contributed by atoms with Crippen LogP contribution in [0, 0.1) is 6.92 Å². The molecule has 1 unspecified atom stereocenters. The molecule has 0 saturated carbocycles. The SMILES string of the molecule is Cc1ccc(CN(C)C(=O)C2Cc3ccccc3CN2)o1.Cl. The Kier molecular flexibility index (Phi) is 5.27. The third-order valence-electron chi connectivity index (χ3n) is 3.94. The number of rotatable bonds is 3. The maximum atomic E-state index is 12.5. The molecule has 1 aromatic carbocycles. The molecule has 0 fully saturated rings. The molecule has 1 aromatic heterocycles. The van der Waals surface area contributed by atoms with Crippen molar-refractivity contribution in [3.63, 3.8) is 0 Å². The zero-order chi connectivity index (χ0) is 14.8. The van der Waals surface area contributed by atoms with Crippen molar-refractivity contribution >= 4 is 18.3 Å². The quantitative estimate of drug-likeness (QED) is 0.945. The van der Waals surface area contributed by atoms with Crippen molar-refractivity contribution < 1.29 is 9.21 Å². The fourth-order valence-corrected chi connectivity index (χ4v) is 2.78. The monoisotopic (exact) mass is 320 g/mol. The van der Waals surface area contributed by atoms with Gasteiger partial charge >= 0.3 is 0 Å². The highest BCUT2D eigenvalue weighted by atomic mass is 35.5. The number of carbonyl (C=O) groups excluding carboxylic acids is 1. The predicted molar refractivity (Wildman–Crippen MR) is 87.9 cm³/mol. The van der Waals surface area contributed by atoms with Crippen LogP contribution in [-0.2, 0) is 24.3 Å². The average Bonchev–Trinajstić information content (AvgIpc) is 2.91. The van der Waals surface area contributed by atoms with Gasteiger partial charge in [0.15, 0.2) is 0 Å². The van der Waals surface area contributed by atoms with E-state index >= 15 is 0 Å². The number of likely N-dealkylation sites (N-methyl/N-ethyl adjacent to an activating group) is 1. The van der Waals surface area contributed by atoms with Gasteiger partial charge in [-0.15, -0.1) is 12.4 Å². The molecule has 22 heavy (non-hydrogen) atoms. The lowest BCUT2D eigenvalue weighted by atomic mass is 9.95. The van der Waals surface area contributed by atoms with Gasteiger partial charge < -0.3 is 14.6 Å². The number of aryl methyl sites for hydroxylation is 1. The van der Waals surface area contributed by atoms with Crippen molar-refractivity contribution in [1.82, 2.24) is 10.2 Å². The first-order valence-corrected chi connectivity index (χ1v) is 7.24. The number of benzene rings is 1. The number of halogens is 1. The van der Waals surface area contributed by atoms with Gasteiger partial charge in [-0.1, -0.05) is 24.3 Å². The molecule has 0 bridgehead atoms. The van der Waals surface area contributed by atoms with Crippen LogP contribution in [0.1, 0.15) is 22.6 Å². The Balaban J connectivity index is 0.00000176. The Bertz CT molecular complexity index is 654. The Morgan fingerprint density at radius 2 is 2.00 bits per heavy atom. The van der Waals surface area contributed by atoms with E-state index in [1.54, 1.807) is 4.90 Å². The summed E-state index contributed by atoms with van der Waals surface area (Å²) in [5.74, 6) is 1.80. The number of nitrogens with zero attached hydrogens (tertiary/aromatic N) is 1. The van der Waals surface area contributed by atoms with Crippen LogP contribution >= 0.6 is 12.4 Å². The van der Waals surface area contributed by atoms with E-state index < -0.39 is 0 Å². The second-order valence-corrected chi connectivity index (χ2v) is 5.61. The van der Waals surface area contributed by atoms with Crippen LogP contribution in [-0.4, -0.2) is 23.9 Å². The third-order valence-corrected chi connectivity index (χ3v) is 3.94. The van der Waals surface area contributed by atoms with Crippen molar-refractivity contribution in [1.29, 1.82) is 0 Å². The molecule has 4 nitrogen and oxygen atoms in total. The fraction of sp³-hybridized carbons (Fsp3) is 0.353. The lowest BCUT2D eigenvalue weighted by Gasteiger charge is -2.28. The van der Waals surface area contributed by atoms with E-state index in [0.29, 0.717) is 6.54 Å². The van der Waals surface area contributed by atoms with Crippen molar-refractivity contribution in [2.45, 2.75) is 32.5 Å². The molecular formula is C17H21ClN2O2. The topological polar surface area (TPSA) is 45.5 Å². The first-order chi connectivity index (χ1) is 10.1. The number of fused-ring (bicyclic) bond motifs is 1. The van der Waals surface area contributed by atoms with Gasteiger partial charge in [-0.2, -0.15) is 0 Å². The molecule has 0 spiro atoms. The van der Waals surface area contributed by atoms with Gasteiger partial charge in [0.25, 0.3) is 0 Å². The van der Waals surface area contributed by atoms with Crippen LogP contribution in [0.15, 0.2) is 40.8 Å². The molecule has 2 aromatic rings. The molecule has 1 N–H and O–H groups in total.